The van der Waals surface area contributed by atoms with Crippen molar-refractivity contribution in [3.8, 4) is 5.75 Å². The minimum absolute atomic E-state index is 0.354. The molecule has 2 atom stereocenters. The van der Waals surface area contributed by atoms with Crippen LogP contribution in [-0.2, 0) is 11.3 Å². The van der Waals surface area contributed by atoms with Crippen LogP contribution >= 0.6 is 12.2 Å². The standard InChI is InChI=1S/C16H22N2O2S/c1-3-13-11(8-9-20-13)10-18-12-6-5-7-14(19-4-2)15(12)17-16(18)21/h5-7,11,13H,3-4,8-10H2,1-2H3,(H,17,21). The molecule has 0 bridgehead atoms. The van der Waals surface area contributed by atoms with Gasteiger partial charge < -0.3 is 19.0 Å². The van der Waals surface area contributed by atoms with Crippen molar-refractivity contribution in [3.05, 3.63) is 23.0 Å². The lowest BCUT2D eigenvalue weighted by atomic mass is 9.99. The van der Waals surface area contributed by atoms with E-state index in [9.17, 15) is 0 Å². The third-order valence-corrected chi connectivity index (χ3v) is 4.56. The van der Waals surface area contributed by atoms with Gasteiger partial charge in [-0.25, -0.2) is 0 Å². The number of ether oxygens (including phenoxy) is 2. The highest BCUT2D eigenvalue weighted by Crippen LogP contribution is 2.29. The van der Waals surface area contributed by atoms with E-state index in [0.29, 0.717) is 18.6 Å². The fraction of sp³-hybridized carbons (Fsp3) is 0.562. The third kappa shape index (κ3) is 2.72. The predicted octanol–water partition coefficient (Wildman–Crippen LogP) is 3.91. The Bertz CT molecular complexity index is 676. The molecule has 4 nitrogen and oxygen atoms in total. The second-order valence-corrected chi connectivity index (χ2v) is 5.88. The largest absolute Gasteiger partial charge is 0.492 e. The summed E-state index contributed by atoms with van der Waals surface area (Å²) in [5.74, 6) is 1.41. The van der Waals surface area contributed by atoms with Gasteiger partial charge in [-0.1, -0.05) is 13.0 Å². The molecule has 0 spiro atoms. The van der Waals surface area contributed by atoms with Crippen LogP contribution in [0.5, 0.6) is 5.75 Å². The maximum absolute atomic E-state index is 5.80. The molecule has 2 unspecified atom stereocenters. The normalized spacial score (nSPS) is 22.0. The Labute approximate surface area is 130 Å². The number of fused-ring (bicyclic) bond motifs is 1. The van der Waals surface area contributed by atoms with Gasteiger partial charge in [-0.3, -0.25) is 0 Å². The van der Waals surface area contributed by atoms with E-state index in [0.717, 1.165) is 47.5 Å². The first-order chi connectivity index (χ1) is 10.2. The smallest absolute Gasteiger partial charge is 0.178 e. The highest BCUT2D eigenvalue weighted by atomic mass is 32.1. The summed E-state index contributed by atoms with van der Waals surface area (Å²) in [5, 5.41) is 0. The van der Waals surface area contributed by atoms with Crippen LogP contribution < -0.4 is 4.74 Å². The number of hydrogen-bond acceptors (Lipinski definition) is 3. The van der Waals surface area contributed by atoms with Gasteiger partial charge in [0.05, 0.1) is 18.2 Å². The molecular formula is C16H22N2O2S. The van der Waals surface area contributed by atoms with E-state index in [1.807, 2.05) is 19.1 Å². The van der Waals surface area contributed by atoms with Gasteiger partial charge >= 0.3 is 0 Å². The summed E-state index contributed by atoms with van der Waals surface area (Å²) < 4.78 is 14.4. The highest BCUT2D eigenvalue weighted by molar-refractivity contribution is 7.71. The average molecular weight is 306 g/mol. The summed E-state index contributed by atoms with van der Waals surface area (Å²) >= 11 is 5.52. The first-order valence-electron chi connectivity index (χ1n) is 7.70. The van der Waals surface area contributed by atoms with Crippen molar-refractivity contribution in [1.29, 1.82) is 0 Å². The molecule has 0 radical (unpaired) electrons. The van der Waals surface area contributed by atoms with E-state index in [4.69, 9.17) is 21.7 Å². The van der Waals surface area contributed by atoms with E-state index in [1.165, 1.54) is 0 Å². The Kier molecular flexibility index (Phi) is 4.31. The molecule has 5 heteroatoms. The number of aromatic nitrogens is 2. The monoisotopic (exact) mass is 306 g/mol. The van der Waals surface area contributed by atoms with Gasteiger partial charge in [-0.15, -0.1) is 0 Å². The summed E-state index contributed by atoms with van der Waals surface area (Å²) in [6.07, 6.45) is 2.52. The molecule has 2 aromatic rings. The van der Waals surface area contributed by atoms with E-state index < -0.39 is 0 Å². The maximum Gasteiger partial charge on any atom is 0.178 e. The number of nitrogens with zero attached hydrogens (tertiary/aromatic N) is 1. The predicted molar refractivity (Wildman–Crippen MR) is 86.4 cm³/mol. The quantitative estimate of drug-likeness (QED) is 0.851. The molecule has 1 N–H and O–H groups in total. The van der Waals surface area contributed by atoms with Crippen molar-refractivity contribution in [2.45, 2.75) is 39.3 Å². The average Bonchev–Trinajstić information content (AvgIpc) is 3.06. The minimum atomic E-state index is 0.354. The van der Waals surface area contributed by atoms with Crippen molar-refractivity contribution >= 4 is 23.3 Å². The first-order valence-corrected chi connectivity index (χ1v) is 8.11. The molecule has 114 valence electrons. The van der Waals surface area contributed by atoms with E-state index in [-0.39, 0.29) is 0 Å². The third-order valence-electron chi connectivity index (χ3n) is 4.24. The molecule has 1 fully saturated rings. The van der Waals surface area contributed by atoms with Crippen LogP contribution in [0.4, 0.5) is 0 Å². The van der Waals surface area contributed by atoms with Crippen LogP contribution in [0.25, 0.3) is 11.0 Å². The van der Waals surface area contributed by atoms with Crippen LogP contribution in [0, 0.1) is 10.7 Å². The lowest BCUT2D eigenvalue weighted by Crippen LogP contribution is -2.20. The van der Waals surface area contributed by atoms with Crippen molar-refractivity contribution < 1.29 is 9.47 Å². The first kappa shape index (κ1) is 14.6. The van der Waals surface area contributed by atoms with Gasteiger partial charge in [-0.05, 0) is 44.1 Å². The van der Waals surface area contributed by atoms with Crippen molar-refractivity contribution in [2.75, 3.05) is 13.2 Å². The fourth-order valence-corrected chi connectivity index (χ4v) is 3.47. The number of benzene rings is 1. The molecular weight excluding hydrogens is 284 g/mol. The van der Waals surface area contributed by atoms with E-state index >= 15 is 0 Å². The van der Waals surface area contributed by atoms with Crippen LogP contribution in [0.15, 0.2) is 18.2 Å². The van der Waals surface area contributed by atoms with Crippen LogP contribution in [0.2, 0.25) is 0 Å². The number of hydrogen-bond donors (Lipinski definition) is 1. The molecule has 3 rings (SSSR count). The second-order valence-electron chi connectivity index (χ2n) is 5.49. The summed E-state index contributed by atoms with van der Waals surface area (Å²) in [4.78, 5) is 3.30. The Balaban J connectivity index is 1.97. The van der Waals surface area contributed by atoms with Gasteiger partial charge in [0.1, 0.15) is 11.3 Å². The Morgan fingerprint density at radius 2 is 2.29 bits per heavy atom. The zero-order chi connectivity index (χ0) is 14.8. The van der Waals surface area contributed by atoms with Crippen LogP contribution in [-0.4, -0.2) is 28.9 Å². The van der Waals surface area contributed by atoms with Gasteiger partial charge in [0.25, 0.3) is 0 Å². The zero-order valence-corrected chi connectivity index (χ0v) is 13.4. The number of H-pyrrole nitrogens is 1. The molecule has 1 aliphatic heterocycles. The number of para-hydroxylation sites is 1. The molecule has 0 saturated carbocycles. The Morgan fingerprint density at radius 1 is 1.43 bits per heavy atom. The zero-order valence-electron chi connectivity index (χ0n) is 12.6. The number of nitrogens with one attached hydrogen (secondary N) is 1. The number of aromatic amines is 1. The van der Waals surface area contributed by atoms with Crippen molar-refractivity contribution in [2.24, 2.45) is 5.92 Å². The molecule has 2 heterocycles. The molecule has 1 aromatic carbocycles. The lowest BCUT2D eigenvalue weighted by Gasteiger charge is -2.17. The van der Waals surface area contributed by atoms with Gasteiger partial charge in [-0.2, -0.15) is 0 Å². The lowest BCUT2D eigenvalue weighted by molar-refractivity contribution is 0.0837. The summed E-state index contributed by atoms with van der Waals surface area (Å²) in [7, 11) is 0. The maximum atomic E-state index is 5.80. The molecule has 1 saturated heterocycles. The number of rotatable bonds is 5. The molecule has 0 aliphatic carbocycles. The van der Waals surface area contributed by atoms with Gasteiger partial charge in [0.2, 0.25) is 0 Å². The summed E-state index contributed by atoms with van der Waals surface area (Å²) in [6.45, 7) is 6.60. The fourth-order valence-electron chi connectivity index (χ4n) is 3.20. The van der Waals surface area contributed by atoms with Crippen molar-refractivity contribution in [1.82, 2.24) is 9.55 Å². The number of imidazole rings is 1. The van der Waals surface area contributed by atoms with Crippen molar-refractivity contribution in [3.63, 3.8) is 0 Å². The van der Waals surface area contributed by atoms with E-state index in [1.54, 1.807) is 0 Å². The van der Waals surface area contributed by atoms with Crippen LogP contribution in [0.3, 0.4) is 0 Å². The van der Waals surface area contributed by atoms with E-state index in [2.05, 4.69) is 22.5 Å². The SMILES string of the molecule is CCOc1cccc2c1[nH]c(=S)n2CC1CCOC1CC. The minimum Gasteiger partial charge on any atom is -0.492 e. The highest BCUT2D eigenvalue weighted by Gasteiger charge is 2.27. The molecule has 1 aliphatic rings. The topological polar surface area (TPSA) is 39.2 Å². The Morgan fingerprint density at radius 3 is 3.05 bits per heavy atom. The Hall–Kier alpha value is -1.33. The molecule has 0 amide bonds. The second kappa shape index (κ2) is 6.20. The molecule has 21 heavy (non-hydrogen) atoms. The summed E-state index contributed by atoms with van der Waals surface area (Å²) in [6, 6.07) is 6.10. The van der Waals surface area contributed by atoms with Gasteiger partial charge in [0, 0.05) is 19.1 Å². The van der Waals surface area contributed by atoms with Gasteiger partial charge in [0.15, 0.2) is 4.77 Å². The summed E-state index contributed by atoms with van der Waals surface area (Å²) in [5.41, 5.74) is 2.11. The molecule has 1 aromatic heterocycles. The van der Waals surface area contributed by atoms with Crippen LogP contribution in [0.1, 0.15) is 26.7 Å².